The van der Waals surface area contributed by atoms with Crippen molar-refractivity contribution in [1.82, 2.24) is 4.98 Å². The van der Waals surface area contributed by atoms with Gasteiger partial charge >= 0.3 is 5.97 Å². The second-order valence-corrected chi connectivity index (χ2v) is 5.69. The molecule has 1 aromatic rings. The van der Waals surface area contributed by atoms with Gasteiger partial charge in [-0.05, 0) is 30.9 Å². The first-order chi connectivity index (χ1) is 10.1. The van der Waals surface area contributed by atoms with Gasteiger partial charge in [-0.15, -0.1) is 0 Å². The lowest BCUT2D eigenvalue weighted by Gasteiger charge is -2.26. The van der Waals surface area contributed by atoms with E-state index in [1.54, 1.807) is 13.2 Å². The van der Waals surface area contributed by atoms with Crippen LogP contribution in [0.25, 0.3) is 0 Å². The first-order valence-electron chi connectivity index (χ1n) is 7.26. The first-order valence-corrected chi connectivity index (χ1v) is 7.26. The van der Waals surface area contributed by atoms with E-state index in [0.717, 1.165) is 36.9 Å². The molecule has 2 N–H and O–H groups in total. The standard InChI is InChI=1S/C15H20N2O4/c1-20-15(5-6-21-9-15)8-16-13-11(14(18)19)7-10-3-2-4-12(10)17-13/h7H,2-6,8-9H2,1H3,(H,16,17)(H,18,19). The van der Waals surface area contributed by atoms with Crippen LogP contribution in [0.3, 0.4) is 0 Å². The number of aryl methyl sites for hydroxylation is 2. The molecule has 1 saturated heterocycles. The van der Waals surface area contributed by atoms with Gasteiger partial charge in [0.05, 0.1) is 6.61 Å². The third-order valence-electron chi connectivity index (χ3n) is 4.36. The number of rotatable bonds is 5. The Bertz CT molecular complexity index is 553. The number of ether oxygens (including phenoxy) is 2. The van der Waals surface area contributed by atoms with E-state index >= 15 is 0 Å². The predicted molar refractivity (Wildman–Crippen MR) is 76.9 cm³/mol. The van der Waals surface area contributed by atoms with Crippen LogP contribution in [0, 0.1) is 0 Å². The molecule has 0 radical (unpaired) electrons. The minimum atomic E-state index is -0.950. The minimum Gasteiger partial charge on any atom is -0.478 e. The van der Waals surface area contributed by atoms with Gasteiger partial charge in [-0.2, -0.15) is 0 Å². The molecular formula is C15H20N2O4. The normalized spacial score (nSPS) is 24.0. The Morgan fingerprint density at radius 2 is 2.43 bits per heavy atom. The van der Waals surface area contributed by atoms with E-state index in [4.69, 9.17) is 9.47 Å². The molecule has 0 amide bonds. The van der Waals surface area contributed by atoms with E-state index in [2.05, 4.69) is 10.3 Å². The molecule has 6 heteroatoms. The van der Waals surface area contributed by atoms with Crippen LogP contribution in [0.1, 0.15) is 34.5 Å². The first kappa shape index (κ1) is 14.3. The molecular weight excluding hydrogens is 272 g/mol. The molecule has 1 aliphatic heterocycles. The lowest BCUT2D eigenvalue weighted by Crippen LogP contribution is -2.40. The molecule has 0 bridgehead atoms. The molecule has 1 unspecified atom stereocenters. The van der Waals surface area contributed by atoms with E-state index in [1.807, 2.05) is 0 Å². The maximum Gasteiger partial charge on any atom is 0.339 e. The number of nitrogens with zero attached hydrogens (tertiary/aromatic N) is 1. The summed E-state index contributed by atoms with van der Waals surface area (Å²) in [5.74, 6) is -0.514. The number of pyridine rings is 1. The number of hydrogen-bond acceptors (Lipinski definition) is 5. The Morgan fingerprint density at radius 3 is 3.10 bits per heavy atom. The van der Waals surface area contributed by atoms with Crippen LogP contribution in [0.5, 0.6) is 0 Å². The summed E-state index contributed by atoms with van der Waals surface area (Å²) < 4.78 is 10.9. The second-order valence-electron chi connectivity index (χ2n) is 5.69. The van der Waals surface area contributed by atoms with Crippen molar-refractivity contribution in [3.63, 3.8) is 0 Å². The molecule has 1 fully saturated rings. The summed E-state index contributed by atoms with van der Waals surface area (Å²) in [6.07, 6.45) is 3.67. The number of hydrogen-bond donors (Lipinski definition) is 2. The Hall–Kier alpha value is -1.66. The lowest BCUT2D eigenvalue weighted by molar-refractivity contribution is -0.00628. The van der Waals surface area contributed by atoms with Crippen molar-refractivity contribution < 1.29 is 19.4 Å². The fourth-order valence-electron chi connectivity index (χ4n) is 2.98. The number of nitrogens with one attached hydrogen (secondary N) is 1. The SMILES string of the molecule is COC1(CNc2nc3c(cc2C(=O)O)CCC3)CCOC1. The fraction of sp³-hybridized carbons (Fsp3) is 0.600. The third kappa shape index (κ3) is 2.73. The maximum absolute atomic E-state index is 11.4. The van der Waals surface area contributed by atoms with Gasteiger partial charge in [0.15, 0.2) is 0 Å². The molecule has 0 aromatic carbocycles. The second kappa shape index (κ2) is 5.61. The number of carboxylic acids is 1. The molecule has 114 valence electrons. The van der Waals surface area contributed by atoms with Crippen LogP contribution in [-0.4, -0.2) is 48.5 Å². The number of carbonyl (C=O) groups is 1. The van der Waals surface area contributed by atoms with Crippen LogP contribution in [-0.2, 0) is 22.3 Å². The van der Waals surface area contributed by atoms with Gasteiger partial charge in [0.25, 0.3) is 0 Å². The Labute approximate surface area is 123 Å². The van der Waals surface area contributed by atoms with Gasteiger partial charge in [0.2, 0.25) is 0 Å². The van der Waals surface area contributed by atoms with Crippen molar-refractivity contribution in [3.8, 4) is 0 Å². The van der Waals surface area contributed by atoms with E-state index in [9.17, 15) is 9.90 Å². The summed E-state index contributed by atoms with van der Waals surface area (Å²) in [7, 11) is 1.66. The zero-order valence-corrected chi connectivity index (χ0v) is 12.1. The molecule has 1 atom stereocenters. The Kier molecular flexibility index (Phi) is 3.82. The average molecular weight is 292 g/mol. The van der Waals surface area contributed by atoms with Gasteiger partial charge < -0.3 is 19.9 Å². The number of carboxylic acid groups (broad SMARTS) is 1. The van der Waals surface area contributed by atoms with E-state index < -0.39 is 11.6 Å². The van der Waals surface area contributed by atoms with Crippen LogP contribution in [0.4, 0.5) is 5.82 Å². The molecule has 2 heterocycles. The minimum absolute atomic E-state index is 0.237. The maximum atomic E-state index is 11.4. The number of aromatic nitrogens is 1. The quantitative estimate of drug-likeness (QED) is 0.855. The molecule has 1 aliphatic carbocycles. The average Bonchev–Trinajstić information content (AvgIpc) is 3.13. The summed E-state index contributed by atoms with van der Waals surface area (Å²) >= 11 is 0. The molecule has 3 rings (SSSR count). The molecule has 2 aliphatic rings. The number of fused-ring (bicyclic) bond motifs is 1. The molecule has 21 heavy (non-hydrogen) atoms. The van der Waals surface area contributed by atoms with Crippen LogP contribution in [0.2, 0.25) is 0 Å². The topological polar surface area (TPSA) is 80.7 Å². The summed E-state index contributed by atoms with van der Waals surface area (Å²) in [6.45, 7) is 1.68. The van der Waals surface area contributed by atoms with Gasteiger partial charge in [0, 0.05) is 32.4 Å². The number of anilines is 1. The van der Waals surface area contributed by atoms with Crippen molar-refractivity contribution in [2.24, 2.45) is 0 Å². The van der Waals surface area contributed by atoms with Crippen molar-refractivity contribution in [3.05, 3.63) is 22.9 Å². The summed E-state index contributed by atoms with van der Waals surface area (Å²) in [5.41, 5.74) is 1.91. The molecule has 0 saturated carbocycles. The van der Waals surface area contributed by atoms with Crippen LogP contribution < -0.4 is 5.32 Å². The molecule has 1 aromatic heterocycles. The van der Waals surface area contributed by atoms with Crippen molar-refractivity contribution in [2.75, 3.05) is 32.2 Å². The highest BCUT2D eigenvalue weighted by Crippen LogP contribution is 2.27. The van der Waals surface area contributed by atoms with Crippen molar-refractivity contribution in [2.45, 2.75) is 31.3 Å². The van der Waals surface area contributed by atoms with E-state index in [0.29, 0.717) is 25.6 Å². The lowest BCUT2D eigenvalue weighted by atomic mass is 10.0. The smallest absolute Gasteiger partial charge is 0.339 e. The van der Waals surface area contributed by atoms with Crippen LogP contribution >= 0.6 is 0 Å². The van der Waals surface area contributed by atoms with Gasteiger partial charge in [-0.1, -0.05) is 0 Å². The largest absolute Gasteiger partial charge is 0.478 e. The molecule has 6 nitrogen and oxygen atoms in total. The monoisotopic (exact) mass is 292 g/mol. The van der Waals surface area contributed by atoms with E-state index in [-0.39, 0.29) is 5.56 Å². The number of methoxy groups -OCH3 is 1. The van der Waals surface area contributed by atoms with Crippen LogP contribution in [0.15, 0.2) is 6.07 Å². The number of aromatic carboxylic acids is 1. The fourth-order valence-corrected chi connectivity index (χ4v) is 2.98. The van der Waals surface area contributed by atoms with Gasteiger partial charge in [0.1, 0.15) is 17.0 Å². The zero-order valence-electron chi connectivity index (χ0n) is 12.1. The highest BCUT2D eigenvalue weighted by atomic mass is 16.5. The highest BCUT2D eigenvalue weighted by molar-refractivity contribution is 5.93. The van der Waals surface area contributed by atoms with Gasteiger partial charge in [-0.25, -0.2) is 9.78 Å². The highest BCUT2D eigenvalue weighted by Gasteiger charge is 2.35. The van der Waals surface area contributed by atoms with Gasteiger partial charge in [-0.3, -0.25) is 0 Å². The Morgan fingerprint density at radius 1 is 1.57 bits per heavy atom. The third-order valence-corrected chi connectivity index (χ3v) is 4.36. The zero-order chi connectivity index (χ0) is 14.9. The Balaban J connectivity index is 1.82. The van der Waals surface area contributed by atoms with Crippen molar-refractivity contribution >= 4 is 11.8 Å². The van der Waals surface area contributed by atoms with Crippen molar-refractivity contribution in [1.29, 1.82) is 0 Å². The molecule has 0 spiro atoms. The van der Waals surface area contributed by atoms with E-state index in [1.165, 1.54) is 0 Å². The predicted octanol–water partition coefficient (Wildman–Crippen LogP) is 1.49. The summed E-state index contributed by atoms with van der Waals surface area (Å²) in [6, 6.07) is 1.75. The summed E-state index contributed by atoms with van der Waals surface area (Å²) in [5, 5.41) is 12.5. The summed E-state index contributed by atoms with van der Waals surface area (Å²) in [4.78, 5) is 15.9.